The number of fused-ring (bicyclic) bond motifs is 1. The van der Waals surface area contributed by atoms with Crippen molar-refractivity contribution in [3.05, 3.63) is 40.8 Å². The molecule has 1 saturated carbocycles. The standard InChI is InChI=1S/C17H19N3O3/c21-15-9-20(8-13(15)10-4-5-10)17(23)19-14-3-1-2-12-11(14)6-7-18-16(12)22/h1-3,6-7,10,13,15,21H,4-5,8-9H2,(H,18,22)(H,19,23)/t13-,15+/m0/s1. The molecule has 23 heavy (non-hydrogen) atoms. The van der Waals surface area contributed by atoms with Crippen LogP contribution in [0.3, 0.4) is 0 Å². The van der Waals surface area contributed by atoms with Gasteiger partial charge in [0.05, 0.1) is 11.8 Å². The van der Waals surface area contributed by atoms with Gasteiger partial charge in [0.2, 0.25) is 0 Å². The smallest absolute Gasteiger partial charge is 0.321 e. The molecule has 2 aliphatic rings. The van der Waals surface area contributed by atoms with Crippen LogP contribution in [0.1, 0.15) is 12.8 Å². The van der Waals surface area contributed by atoms with Crippen molar-refractivity contribution in [2.45, 2.75) is 18.9 Å². The molecule has 0 spiro atoms. The number of benzene rings is 1. The van der Waals surface area contributed by atoms with E-state index in [9.17, 15) is 14.7 Å². The third-order valence-electron chi connectivity index (χ3n) is 4.90. The second kappa shape index (κ2) is 5.38. The van der Waals surface area contributed by atoms with E-state index in [-0.39, 0.29) is 17.5 Å². The lowest BCUT2D eigenvalue weighted by atomic mass is 10.0. The number of β-amino-alcohol motifs (C(OH)–C–C–N with tert-alkyl or cyclic N) is 1. The quantitative estimate of drug-likeness (QED) is 0.790. The molecule has 6 nitrogen and oxygen atoms in total. The van der Waals surface area contributed by atoms with E-state index < -0.39 is 6.10 Å². The van der Waals surface area contributed by atoms with E-state index in [0.717, 1.165) is 12.8 Å². The van der Waals surface area contributed by atoms with Crippen molar-refractivity contribution < 1.29 is 9.90 Å². The van der Waals surface area contributed by atoms with Gasteiger partial charge in [0, 0.05) is 36.0 Å². The Morgan fingerprint density at radius 1 is 1.22 bits per heavy atom. The van der Waals surface area contributed by atoms with Gasteiger partial charge in [-0.2, -0.15) is 0 Å². The Kier molecular flexibility index (Phi) is 3.34. The van der Waals surface area contributed by atoms with E-state index >= 15 is 0 Å². The number of hydrogen-bond donors (Lipinski definition) is 3. The maximum atomic E-state index is 12.5. The summed E-state index contributed by atoms with van der Waals surface area (Å²) < 4.78 is 0. The number of hydrogen-bond acceptors (Lipinski definition) is 3. The molecule has 1 aliphatic carbocycles. The van der Waals surface area contributed by atoms with Crippen molar-refractivity contribution in [2.75, 3.05) is 18.4 Å². The second-order valence-electron chi connectivity index (χ2n) is 6.48. The maximum Gasteiger partial charge on any atom is 0.321 e. The Bertz CT molecular complexity index is 812. The van der Waals surface area contributed by atoms with Gasteiger partial charge in [-0.05, 0) is 37.0 Å². The average Bonchev–Trinajstić information content (AvgIpc) is 3.30. The summed E-state index contributed by atoms with van der Waals surface area (Å²) >= 11 is 0. The molecule has 6 heteroatoms. The van der Waals surface area contributed by atoms with Gasteiger partial charge in [-0.3, -0.25) is 4.79 Å². The zero-order valence-corrected chi connectivity index (χ0v) is 12.7. The largest absolute Gasteiger partial charge is 0.391 e. The minimum absolute atomic E-state index is 0.177. The fourth-order valence-corrected chi connectivity index (χ4v) is 3.49. The Labute approximate surface area is 133 Å². The fourth-order valence-electron chi connectivity index (χ4n) is 3.49. The summed E-state index contributed by atoms with van der Waals surface area (Å²) in [6.45, 7) is 0.974. The van der Waals surface area contributed by atoms with Gasteiger partial charge in [0.25, 0.3) is 5.56 Å². The van der Waals surface area contributed by atoms with Crippen LogP contribution in [0.15, 0.2) is 35.3 Å². The third kappa shape index (κ3) is 2.59. The fraction of sp³-hybridized carbons (Fsp3) is 0.412. The zero-order chi connectivity index (χ0) is 16.0. The molecular weight excluding hydrogens is 294 g/mol. The van der Waals surface area contributed by atoms with Crippen LogP contribution in [-0.4, -0.2) is 40.2 Å². The highest BCUT2D eigenvalue weighted by atomic mass is 16.3. The van der Waals surface area contributed by atoms with Crippen molar-refractivity contribution in [3.8, 4) is 0 Å². The van der Waals surface area contributed by atoms with Crippen LogP contribution < -0.4 is 10.9 Å². The van der Waals surface area contributed by atoms with Crippen LogP contribution in [0.5, 0.6) is 0 Å². The molecule has 1 saturated heterocycles. The topological polar surface area (TPSA) is 85.4 Å². The van der Waals surface area contributed by atoms with Gasteiger partial charge in [0.1, 0.15) is 0 Å². The van der Waals surface area contributed by atoms with Gasteiger partial charge in [-0.15, -0.1) is 0 Å². The van der Waals surface area contributed by atoms with Gasteiger partial charge < -0.3 is 20.3 Å². The third-order valence-corrected chi connectivity index (χ3v) is 4.90. The Hall–Kier alpha value is -2.34. The predicted octanol–water partition coefficient (Wildman–Crippen LogP) is 1.76. The van der Waals surface area contributed by atoms with E-state index in [2.05, 4.69) is 10.3 Å². The maximum absolute atomic E-state index is 12.5. The molecule has 3 N–H and O–H groups in total. The average molecular weight is 313 g/mol. The lowest BCUT2D eigenvalue weighted by Gasteiger charge is -2.17. The van der Waals surface area contributed by atoms with Gasteiger partial charge in [-0.25, -0.2) is 4.79 Å². The number of aromatic amines is 1. The summed E-state index contributed by atoms with van der Waals surface area (Å²) in [7, 11) is 0. The van der Waals surface area contributed by atoms with E-state index in [1.807, 2.05) is 0 Å². The molecule has 4 rings (SSSR count). The number of aromatic nitrogens is 1. The molecule has 0 bridgehead atoms. The highest BCUT2D eigenvalue weighted by molar-refractivity contribution is 6.01. The van der Waals surface area contributed by atoms with Crippen molar-refractivity contribution in [1.82, 2.24) is 9.88 Å². The number of anilines is 1. The number of pyridine rings is 1. The molecule has 0 radical (unpaired) electrons. The van der Waals surface area contributed by atoms with Crippen molar-refractivity contribution in [2.24, 2.45) is 11.8 Å². The zero-order valence-electron chi connectivity index (χ0n) is 12.7. The van der Waals surface area contributed by atoms with Crippen molar-refractivity contribution in [3.63, 3.8) is 0 Å². The number of urea groups is 1. The molecule has 2 aromatic rings. The van der Waals surface area contributed by atoms with Crippen molar-refractivity contribution >= 4 is 22.5 Å². The minimum Gasteiger partial charge on any atom is -0.391 e. The van der Waals surface area contributed by atoms with E-state index in [0.29, 0.717) is 35.5 Å². The first-order valence-electron chi connectivity index (χ1n) is 7.98. The van der Waals surface area contributed by atoms with E-state index in [1.165, 1.54) is 0 Å². The van der Waals surface area contributed by atoms with Crippen LogP contribution >= 0.6 is 0 Å². The van der Waals surface area contributed by atoms with E-state index in [4.69, 9.17) is 0 Å². The van der Waals surface area contributed by atoms with E-state index in [1.54, 1.807) is 35.4 Å². The number of amides is 2. The summed E-state index contributed by atoms with van der Waals surface area (Å²) in [5.74, 6) is 0.773. The first-order chi connectivity index (χ1) is 11.1. The highest BCUT2D eigenvalue weighted by Gasteiger charge is 2.43. The Morgan fingerprint density at radius 3 is 2.83 bits per heavy atom. The first kappa shape index (κ1) is 14.3. The molecule has 2 atom stereocenters. The van der Waals surface area contributed by atoms with Crippen LogP contribution in [0.2, 0.25) is 0 Å². The summed E-state index contributed by atoms with van der Waals surface area (Å²) in [6, 6.07) is 6.81. The molecule has 1 aliphatic heterocycles. The van der Waals surface area contributed by atoms with Gasteiger partial charge in [0.15, 0.2) is 0 Å². The molecule has 2 fully saturated rings. The Morgan fingerprint density at radius 2 is 2.04 bits per heavy atom. The number of carbonyl (C=O) groups is 1. The monoisotopic (exact) mass is 313 g/mol. The number of H-pyrrole nitrogens is 1. The SMILES string of the molecule is O=C(Nc1cccc2c(=O)[nH]ccc12)N1C[C@@H](O)[C@H](C2CC2)C1. The van der Waals surface area contributed by atoms with Crippen LogP contribution in [0, 0.1) is 11.8 Å². The summed E-state index contributed by atoms with van der Waals surface area (Å²) in [5.41, 5.74) is 0.437. The van der Waals surface area contributed by atoms with Gasteiger partial charge >= 0.3 is 6.03 Å². The molecule has 120 valence electrons. The molecule has 0 unspecified atom stereocenters. The highest BCUT2D eigenvalue weighted by Crippen LogP contribution is 2.41. The second-order valence-corrected chi connectivity index (χ2v) is 6.48. The van der Waals surface area contributed by atoms with Crippen LogP contribution in [-0.2, 0) is 0 Å². The van der Waals surface area contributed by atoms with Crippen LogP contribution in [0.4, 0.5) is 10.5 Å². The summed E-state index contributed by atoms with van der Waals surface area (Å²) in [6.07, 6.45) is 3.46. The summed E-state index contributed by atoms with van der Waals surface area (Å²) in [4.78, 5) is 28.6. The number of rotatable bonds is 2. The number of nitrogens with one attached hydrogen (secondary N) is 2. The first-order valence-corrected chi connectivity index (χ1v) is 7.98. The van der Waals surface area contributed by atoms with Crippen LogP contribution in [0.25, 0.3) is 10.8 Å². The van der Waals surface area contributed by atoms with Gasteiger partial charge in [-0.1, -0.05) is 6.07 Å². The molecule has 1 aromatic carbocycles. The lowest BCUT2D eigenvalue weighted by Crippen LogP contribution is -2.33. The number of likely N-dealkylation sites (tertiary alicyclic amines) is 1. The number of nitrogens with zero attached hydrogens (tertiary/aromatic N) is 1. The molecule has 2 amide bonds. The molecular formula is C17H19N3O3. The number of aliphatic hydroxyl groups excluding tert-OH is 1. The molecule has 1 aromatic heterocycles. The predicted molar refractivity (Wildman–Crippen MR) is 87.4 cm³/mol. The normalized spacial score (nSPS) is 24.1. The van der Waals surface area contributed by atoms with Crippen molar-refractivity contribution in [1.29, 1.82) is 0 Å². The number of aliphatic hydroxyl groups is 1. The Balaban J connectivity index is 1.55. The summed E-state index contributed by atoms with van der Waals surface area (Å²) in [5, 5.41) is 14.3. The lowest BCUT2D eigenvalue weighted by molar-refractivity contribution is 0.133. The number of carbonyl (C=O) groups excluding carboxylic acids is 1. The molecule has 2 heterocycles. The minimum atomic E-state index is -0.427.